The van der Waals surface area contributed by atoms with Crippen molar-refractivity contribution in [3.8, 4) is 5.75 Å². The molecular formula is C40H45ClN4O5. The van der Waals surface area contributed by atoms with Gasteiger partial charge in [0, 0.05) is 23.7 Å². The number of benzene rings is 4. The van der Waals surface area contributed by atoms with Gasteiger partial charge in [0.25, 0.3) is 5.91 Å². The van der Waals surface area contributed by atoms with Crippen molar-refractivity contribution in [2.45, 2.75) is 65.3 Å². The molecule has 262 valence electrons. The molecule has 0 saturated heterocycles. The molecule has 50 heavy (non-hydrogen) atoms. The van der Waals surface area contributed by atoms with Crippen molar-refractivity contribution in [1.82, 2.24) is 21.3 Å². The van der Waals surface area contributed by atoms with Crippen molar-refractivity contribution in [2.75, 3.05) is 6.54 Å². The summed E-state index contributed by atoms with van der Waals surface area (Å²) in [4.78, 5) is 53.8. The fourth-order valence-electron chi connectivity index (χ4n) is 4.96. The molecule has 0 spiro atoms. The van der Waals surface area contributed by atoms with E-state index in [0.717, 1.165) is 16.7 Å². The number of carbonyl (C=O) groups is 4. The minimum atomic E-state index is -1.26. The first-order valence-corrected chi connectivity index (χ1v) is 17.0. The summed E-state index contributed by atoms with van der Waals surface area (Å²) >= 11 is 6.30. The van der Waals surface area contributed by atoms with E-state index in [1.807, 2.05) is 93.6 Å². The Labute approximate surface area is 299 Å². The predicted molar refractivity (Wildman–Crippen MR) is 196 cm³/mol. The maximum Gasteiger partial charge on any atom is 0.251 e. The lowest BCUT2D eigenvalue weighted by Gasteiger charge is -2.24. The Morgan fingerprint density at radius 1 is 0.700 bits per heavy atom. The van der Waals surface area contributed by atoms with Crippen LogP contribution in [0.1, 0.15) is 60.7 Å². The van der Waals surface area contributed by atoms with Gasteiger partial charge in [-0.15, -0.1) is 0 Å². The molecule has 0 bridgehead atoms. The van der Waals surface area contributed by atoms with Crippen molar-refractivity contribution >= 4 is 35.2 Å². The molecule has 0 saturated carbocycles. The average molecular weight is 697 g/mol. The topological polar surface area (TPSA) is 126 Å². The highest BCUT2D eigenvalue weighted by Crippen LogP contribution is 2.17. The van der Waals surface area contributed by atoms with Crippen LogP contribution in [0, 0.1) is 5.41 Å². The van der Waals surface area contributed by atoms with Crippen molar-refractivity contribution in [1.29, 1.82) is 0 Å². The second-order valence-electron chi connectivity index (χ2n) is 13.3. The molecule has 2 atom stereocenters. The largest absolute Gasteiger partial charge is 0.489 e. The summed E-state index contributed by atoms with van der Waals surface area (Å²) in [7, 11) is 0. The first-order valence-electron chi connectivity index (χ1n) is 16.7. The molecule has 4 aromatic carbocycles. The quantitative estimate of drug-likeness (QED) is 0.114. The average Bonchev–Trinajstić information content (AvgIpc) is 3.11. The van der Waals surface area contributed by atoms with Gasteiger partial charge in [-0.2, -0.15) is 0 Å². The molecule has 10 heteroatoms. The van der Waals surface area contributed by atoms with Gasteiger partial charge in [-0.05, 0) is 65.3 Å². The van der Waals surface area contributed by atoms with Gasteiger partial charge in [0.05, 0.1) is 6.42 Å². The molecule has 0 radical (unpaired) electrons. The van der Waals surface area contributed by atoms with Crippen LogP contribution in [0.5, 0.6) is 5.75 Å². The van der Waals surface area contributed by atoms with Crippen LogP contribution in [0.3, 0.4) is 0 Å². The number of nitrogens with one attached hydrogen (secondary N) is 4. The van der Waals surface area contributed by atoms with Crippen LogP contribution in [0.4, 0.5) is 0 Å². The van der Waals surface area contributed by atoms with E-state index in [1.54, 1.807) is 36.4 Å². The van der Waals surface area contributed by atoms with E-state index in [9.17, 15) is 19.2 Å². The van der Waals surface area contributed by atoms with Crippen molar-refractivity contribution in [3.05, 3.63) is 136 Å². The van der Waals surface area contributed by atoms with Gasteiger partial charge in [-0.1, -0.05) is 111 Å². The molecule has 4 rings (SSSR count). The molecule has 9 nitrogen and oxygen atoms in total. The third-order valence-corrected chi connectivity index (χ3v) is 8.17. The fourth-order valence-corrected chi connectivity index (χ4v) is 5.16. The Balaban J connectivity index is 1.48. The van der Waals surface area contributed by atoms with Crippen LogP contribution >= 0.6 is 11.6 Å². The van der Waals surface area contributed by atoms with Crippen LogP contribution in [0.2, 0.25) is 5.02 Å². The summed E-state index contributed by atoms with van der Waals surface area (Å²) in [5, 5.41) is 11.8. The highest BCUT2D eigenvalue weighted by Gasteiger charge is 2.29. The number of rotatable bonds is 16. The number of aryl methyl sites for hydroxylation is 1. The molecule has 0 aliphatic rings. The van der Waals surface area contributed by atoms with Crippen LogP contribution in [-0.4, -0.2) is 42.3 Å². The first kappa shape index (κ1) is 37.7. The van der Waals surface area contributed by atoms with Gasteiger partial charge in [0.15, 0.2) is 0 Å². The van der Waals surface area contributed by atoms with Crippen molar-refractivity contribution in [2.24, 2.45) is 5.41 Å². The Morgan fingerprint density at radius 3 is 1.96 bits per heavy atom. The molecule has 4 amide bonds. The third-order valence-electron chi connectivity index (χ3n) is 7.80. The van der Waals surface area contributed by atoms with Gasteiger partial charge in [-0.25, -0.2) is 0 Å². The fraction of sp³-hybridized carbons (Fsp3) is 0.300. The monoisotopic (exact) mass is 696 g/mol. The Kier molecular flexibility index (Phi) is 14.0. The number of carbonyl (C=O) groups excluding carboxylic acids is 4. The lowest BCUT2D eigenvalue weighted by atomic mass is 9.97. The van der Waals surface area contributed by atoms with Gasteiger partial charge in [0.1, 0.15) is 24.4 Å². The van der Waals surface area contributed by atoms with Gasteiger partial charge >= 0.3 is 0 Å². The lowest BCUT2D eigenvalue weighted by molar-refractivity contribution is -0.131. The predicted octanol–water partition coefficient (Wildman–Crippen LogP) is 6.00. The van der Waals surface area contributed by atoms with E-state index in [-0.39, 0.29) is 30.4 Å². The normalized spacial score (nSPS) is 12.2. The lowest BCUT2D eigenvalue weighted by Crippen LogP contribution is -2.55. The zero-order valence-electron chi connectivity index (χ0n) is 28.7. The third kappa shape index (κ3) is 12.7. The second-order valence-corrected chi connectivity index (χ2v) is 13.7. The molecule has 0 heterocycles. The molecule has 0 aliphatic heterocycles. The standard InChI is InChI=1S/C40H45ClN4O5/c1-40(2,3)27-43-36(46)24-35(45-37(47)30-19-21-32(22-20-30)50-26-29-14-8-5-9-15-29)39(49)44-34(23-18-28-12-6-4-7-13-28)38(48)42-25-31-16-10-11-17-33(31)41/h4-17,19-22,34-35H,18,23-27H2,1-3H3,(H,42,48)(H,43,46)(H,44,49)(H,45,47)/t34-,35-/m0/s1. The number of hydrogen-bond donors (Lipinski definition) is 4. The Hall–Kier alpha value is -5.15. The number of hydrogen-bond acceptors (Lipinski definition) is 5. The molecule has 0 fully saturated rings. The summed E-state index contributed by atoms with van der Waals surface area (Å²) in [6.45, 7) is 6.84. The molecule has 0 aromatic heterocycles. The Bertz CT molecular complexity index is 1710. The summed E-state index contributed by atoms with van der Waals surface area (Å²) < 4.78 is 5.83. The molecular weight excluding hydrogens is 652 g/mol. The van der Waals surface area contributed by atoms with Gasteiger partial charge in [-0.3, -0.25) is 19.2 Å². The summed E-state index contributed by atoms with van der Waals surface area (Å²) in [5.41, 5.74) is 2.82. The van der Waals surface area contributed by atoms with E-state index < -0.39 is 35.7 Å². The molecule has 4 N–H and O–H groups in total. The number of amides is 4. The van der Waals surface area contributed by atoms with E-state index in [0.29, 0.717) is 30.3 Å². The SMILES string of the molecule is CC(C)(C)CNC(=O)C[C@H](NC(=O)c1ccc(OCc2ccccc2)cc1)C(=O)N[C@@H](CCc1ccccc1)C(=O)NCc1ccccc1Cl. The number of halogens is 1. The highest BCUT2D eigenvalue weighted by molar-refractivity contribution is 6.31. The molecule has 0 aliphatic carbocycles. The van der Waals surface area contributed by atoms with E-state index in [4.69, 9.17) is 16.3 Å². The second kappa shape index (κ2) is 18.6. The Morgan fingerprint density at radius 2 is 1.32 bits per heavy atom. The maximum atomic E-state index is 13.8. The summed E-state index contributed by atoms with van der Waals surface area (Å²) in [5.74, 6) is -1.45. The zero-order chi connectivity index (χ0) is 35.9. The minimum absolute atomic E-state index is 0.163. The zero-order valence-corrected chi connectivity index (χ0v) is 29.5. The summed E-state index contributed by atoms with van der Waals surface area (Å²) in [6, 6.07) is 30.8. The van der Waals surface area contributed by atoms with Crippen molar-refractivity contribution in [3.63, 3.8) is 0 Å². The number of ether oxygens (including phenoxy) is 1. The van der Waals surface area contributed by atoms with Crippen LogP contribution < -0.4 is 26.0 Å². The van der Waals surface area contributed by atoms with Crippen molar-refractivity contribution < 1.29 is 23.9 Å². The first-order chi connectivity index (χ1) is 24.0. The van der Waals surface area contributed by atoms with Gasteiger partial charge < -0.3 is 26.0 Å². The van der Waals surface area contributed by atoms with E-state index in [2.05, 4.69) is 21.3 Å². The van der Waals surface area contributed by atoms with Gasteiger partial charge in [0.2, 0.25) is 17.7 Å². The van der Waals surface area contributed by atoms with E-state index in [1.165, 1.54) is 0 Å². The van der Waals surface area contributed by atoms with Crippen LogP contribution in [0.15, 0.2) is 109 Å². The molecule has 0 unspecified atom stereocenters. The van der Waals surface area contributed by atoms with Crippen LogP contribution in [0.25, 0.3) is 0 Å². The maximum absolute atomic E-state index is 13.8. The summed E-state index contributed by atoms with van der Waals surface area (Å²) in [6.07, 6.45) is 0.469. The molecule has 4 aromatic rings. The van der Waals surface area contributed by atoms with E-state index >= 15 is 0 Å². The minimum Gasteiger partial charge on any atom is -0.489 e. The smallest absolute Gasteiger partial charge is 0.251 e. The highest BCUT2D eigenvalue weighted by atomic mass is 35.5. The van der Waals surface area contributed by atoms with Crippen LogP contribution in [-0.2, 0) is 34.0 Å².